The summed E-state index contributed by atoms with van der Waals surface area (Å²) in [6.45, 7) is 2.81. The van der Waals surface area contributed by atoms with Crippen LogP contribution >= 0.6 is 0 Å². The normalized spacial score (nSPS) is 16.4. The highest BCUT2D eigenvalue weighted by Crippen LogP contribution is 2.41. The number of nitrogens with zero attached hydrogens (tertiary/aromatic N) is 2. The second-order valence-electron chi connectivity index (χ2n) is 17.3. The molecule has 354 valence electrons. The van der Waals surface area contributed by atoms with Gasteiger partial charge in [0.2, 0.25) is 11.8 Å². The molecule has 0 saturated heterocycles. The Morgan fingerprint density at radius 2 is 1.34 bits per heavy atom. The number of hydrogen-bond donors (Lipinski definition) is 4. The Labute approximate surface area is 399 Å². The van der Waals surface area contributed by atoms with Gasteiger partial charge in [-0.1, -0.05) is 104 Å². The number of ether oxygens (including phenoxy) is 2. The first-order valence-electron chi connectivity index (χ1n) is 23.4. The van der Waals surface area contributed by atoms with E-state index in [1.807, 2.05) is 54.6 Å². The highest BCUT2D eigenvalue weighted by atomic mass is 16.5. The Kier molecular flexibility index (Phi) is 18.3. The molecule has 0 radical (unpaired) electrons. The Morgan fingerprint density at radius 1 is 0.750 bits per heavy atom. The Hall–Kier alpha value is -6.98. The largest absolute Gasteiger partial charge is 0.492 e. The van der Waals surface area contributed by atoms with Gasteiger partial charge in [0, 0.05) is 74.3 Å². The summed E-state index contributed by atoms with van der Waals surface area (Å²) in [6.07, 6.45) is 1.20. The first-order chi connectivity index (χ1) is 33.0. The third-order valence-corrected chi connectivity index (χ3v) is 12.3. The average Bonchev–Trinajstić information content (AvgIpc) is 3.36. The number of Topliss-reactive ketones (excluding diaryl/α,β-unsaturated/α-hetero) is 3. The van der Waals surface area contributed by atoms with Gasteiger partial charge in [-0.05, 0) is 83.5 Å². The van der Waals surface area contributed by atoms with E-state index in [4.69, 9.17) is 26.7 Å². The van der Waals surface area contributed by atoms with Crippen molar-refractivity contribution in [3.8, 4) is 50.9 Å². The van der Waals surface area contributed by atoms with Gasteiger partial charge in [-0.3, -0.25) is 24.0 Å². The van der Waals surface area contributed by atoms with Crippen molar-refractivity contribution >= 4 is 29.2 Å². The fourth-order valence-corrected chi connectivity index (χ4v) is 8.65. The van der Waals surface area contributed by atoms with E-state index in [-0.39, 0.29) is 70.0 Å². The summed E-state index contributed by atoms with van der Waals surface area (Å²) in [7, 11) is 1.55. The summed E-state index contributed by atoms with van der Waals surface area (Å²) >= 11 is 0. The molecule has 0 fully saturated rings. The lowest BCUT2D eigenvalue weighted by Crippen LogP contribution is -2.45. The Morgan fingerprint density at radius 3 is 1.94 bits per heavy atom. The second-order valence-corrected chi connectivity index (χ2v) is 17.3. The standard InChI is InChI=1S/C55H62N6O7/c1-36-31-50(64)53(43-22-24-52(68-30-28-59)46(34-43)45-32-37(13-23-51(45)67-29-27-58)33-47(60-54(36)65)48(62)12-8-26-57)61(2)55(66)44(11-6-7-25-56)35-49(63)42-20-18-41(19-21-42)40-16-14-39(15-17-40)38-9-4-3-5-10-38/h3-5,9-10,13-24,32,34,36,44,47,53H,6-8,11-12,25,27-31,33,35,56,58-59H2,1-2H3,(H,60,65)/t36-,44-,47+,53+/m1/s1. The molecule has 13 heteroatoms. The molecule has 1 aliphatic heterocycles. The van der Waals surface area contributed by atoms with Gasteiger partial charge in [0.15, 0.2) is 17.3 Å². The van der Waals surface area contributed by atoms with Crippen LogP contribution in [0.5, 0.6) is 11.5 Å². The van der Waals surface area contributed by atoms with Crippen molar-refractivity contribution in [3.63, 3.8) is 0 Å². The molecule has 5 aromatic carbocycles. The lowest BCUT2D eigenvalue weighted by Gasteiger charge is -2.32. The number of carbonyl (C=O) groups excluding carboxylic acids is 5. The third-order valence-electron chi connectivity index (χ3n) is 12.3. The summed E-state index contributed by atoms with van der Waals surface area (Å²) in [5.74, 6) is -2.72. The van der Waals surface area contributed by atoms with E-state index >= 15 is 0 Å². The number of carbonyl (C=O) groups is 5. The first-order valence-corrected chi connectivity index (χ1v) is 23.4. The number of likely N-dealkylation sites (N-methyl/N-ethyl adjacent to an activating group) is 1. The Balaban J connectivity index is 1.36. The zero-order valence-corrected chi connectivity index (χ0v) is 39.0. The van der Waals surface area contributed by atoms with Gasteiger partial charge in [-0.2, -0.15) is 5.26 Å². The molecular formula is C55H62N6O7. The van der Waals surface area contributed by atoms with Crippen LogP contribution in [0, 0.1) is 23.2 Å². The van der Waals surface area contributed by atoms with Gasteiger partial charge >= 0.3 is 0 Å². The maximum absolute atomic E-state index is 14.9. The van der Waals surface area contributed by atoms with Gasteiger partial charge in [0.25, 0.3) is 0 Å². The van der Waals surface area contributed by atoms with Crippen molar-refractivity contribution in [1.82, 2.24) is 10.2 Å². The number of unbranched alkanes of at least 4 members (excludes halogenated alkanes) is 1. The predicted octanol–water partition coefficient (Wildman–Crippen LogP) is 7.39. The van der Waals surface area contributed by atoms with E-state index in [9.17, 15) is 29.2 Å². The summed E-state index contributed by atoms with van der Waals surface area (Å²) in [4.78, 5) is 72.6. The van der Waals surface area contributed by atoms with Crippen molar-refractivity contribution in [3.05, 3.63) is 132 Å². The molecule has 1 heterocycles. The quantitative estimate of drug-likeness (QED) is 0.0445. The van der Waals surface area contributed by atoms with Crippen molar-refractivity contribution in [2.45, 2.75) is 70.4 Å². The van der Waals surface area contributed by atoms with E-state index in [0.717, 1.165) is 22.3 Å². The van der Waals surface area contributed by atoms with Crippen molar-refractivity contribution < 1.29 is 33.4 Å². The van der Waals surface area contributed by atoms with Crippen LogP contribution in [-0.2, 0) is 25.6 Å². The fourth-order valence-electron chi connectivity index (χ4n) is 8.65. The Bertz CT molecular complexity index is 2570. The molecule has 0 aromatic heterocycles. The van der Waals surface area contributed by atoms with Crippen molar-refractivity contribution in [2.75, 3.05) is 39.9 Å². The molecule has 4 bridgehead atoms. The van der Waals surface area contributed by atoms with Gasteiger partial charge in [0.05, 0.1) is 12.1 Å². The summed E-state index contributed by atoms with van der Waals surface area (Å²) in [6, 6.07) is 36.1. The number of amides is 2. The molecule has 2 amide bonds. The summed E-state index contributed by atoms with van der Waals surface area (Å²) in [5.41, 5.74) is 24.5. The molecule has 0 spiro atoms. The zero-order valence-electron chi connectivity index (χ0n) is 39.0. The summed E-state index contributed by atoms with van der Waals surface area (Å²) < 4.78 is 12.3. The van der Waals surface area contributed by atoms with E-state index in [0.29, 0.717) is 65.1 Å². The van der Waals surface area contributed by atoms with Crippen LogP contribution in [0.25, 0.3) is 33.4 Å². The molecule has 7 N–H and O–H groups in total. The van der Waals surface area contributed by atoms with Crippen LogP contribution in [0.1, 0.15) is 79.4 Å². The number of rotatable bonds is 20. The molecule has 13 nitrogen and oxygen atoms in total. The van der Waals surface area contributed by atoms with E-state index in [1.54, 1.807) is 56.4 Å². The number of ketones is 3. The fraction of sp³-hybridized carbons (Fsp3) is 0.345. The molecule has 0 unspecified atom stereocenters. The number of nitriles is 1. The molecule has 1 aliphatic rings. The highest BCUT2D eigenvalue weighted by molar-refractivity contribution is 6.00. The molecule has 0 aliphatic carbocycles. The van der Waals surface area contributed by atoms with Gasteiger partial charge in [0.1, 0.15) is 30.8 Å². The van der Waals surface area contributed by atoms with Crippen molar-refractivity contribution in [1.29, 1.82) is 5.26 Å². The van der Waals surface area contributed by atoms with Crippen molar-refractivity contribution in [2.24, 2.45) is 29.0 Å². The van der Waals surface area contributed by atoms with Crippen LogP contribution in [-0.4, -0.2) is 80.0 Å². The minimum Gasteiger partial charge on any atom is -0.492 e. The molecule has 68 heavy (non-hydrogen) atoms. The van der Waals surface area contributed by atoms with Crippen LogP contribution in [0.15, 0.2) is 115 Å². The number of benzene rings is 5. The second kappa shape index (κ2) is 24.7. The minimum atomic E-state index is -1.20. The van der Waals surface area contributed by atoms with Crippen LogP contribution in [0.3, 0.4) is 0 Å². The van der Waals surface area contributed by atoms with Gasteiger partial charge in [-0.15, -0.1) is 0 Å². The number of hydrogen-bond acceptors (Lipinski definition) is 11. The SMILES string of the molecule is C[C@@H]1CC(=O)[C@@H](N(C)C(=O)[C@H](CCCCN)CC(=O)c2ccc(-c3ccc(-c4ccccc4)cc3)cc2)c2ccc(OCCN)c(c2)-c2cc(ccc2OCCN)C[C@@H](C(=O)CCC#N)NC1=O. The molecule has 5 aromatic rings. The third kappa shape index (κ3) is 12.9. The lowest BCUT2D eigenvalue weighted by molar-refractivity contribution is -0.142. The van der Waals surface area contributed by atoms with Gasteiger partial charge in [-0.25, -0.2) is 0 Å². The van der Waals surface area contributed by atoms with E-state index < -0.39 is 41.5 Å². The topological polar surface area (TPSA) is 221 Å². The first kappa shape index (κ1) is 50.4. The summed E-state index contributed by atoms with van der Waals surface area (Å²) in [5, 5.41) is 12.1. The number of nitrogens with two attached hydrogens (primary N) is 3. The average molecular weight is 919 g/mol. The monoisotopic (exact) mass is 918 g/mol. The maximum atomic E-state index is 14.9. The molecule has 0 saturated carbocycles. The lowest BCUT2D eigenvalue weighted by atomic mass is 9.87. The predicted molar refractivity (Wildman–Crippen MR) is 263 cm³/mol. The smallest absolute Gasteiger partial charge is 0.226 e. The number of nitrogens with one attached hydrogen (secondary N) is 1. The maximum Gasteiger partial charge on any atom is 0.226 e. The van der Waals surface area contributed by atoms with Crippen LogP contribution in [0.4, 0.5) is 0 Å². The minimum absolute atomic E-state index is 0.0249. The molecule has 6 rings (SSSR count). The molecular weight excluding hydrogens is 857 g/mol. The van der Waals surface area contributed by atoms with E-state index in [2.05, 4.69) is 29.6 Å². The van der Waals surface area contributed by atoms with E-state index in [1.165, 1.54) is 4.90 Å². The van der Waals surface area contributed by atoms with Crippen LogP contribution in [0.2, 0.25) is 0 Å². The zero-order chi connectivity index (χ0) is 48.6. The number of fused-ring (bicyclic) bond motifs is 5. The van der Waals surface area contributed by atoms with Crippen LogP contribution < -0.4 is 32.0 Å². The highest BCUT2D eigenvalue weighted by Gasteiger charge is 2.36. The molecule has 4 atom stereocenters. The van der Waals surface area contributed by atoms with Gasteiger partial charge < -0.3 is 36.9 Å².